The van der Waals surface area contributed by atoms with Crippen molar-refractivity contribution >= 4 is 49.2 Å². The topological polar surface area (TPSA) is 46.1 Å². The monoisotopic (exact) mass is 417 g/mol. The number of benzene rings is 1. The molecule has 0 spiro atoms. The van der Waals surface area contributed by atoms with Crippen LogP contribution in [0, 0.1) is 0 Å². The van der Waals surface area contributed by atoms with Crippen molar-refractivity contribution in [2.24, 2.45) is 0 Å². The molecule has 3 aromatic rings. The first-order valence-electron chi connectivity index (χ1n) is 8.43. The van der Waals surface area contributed by atoms with Gasteiger partial charge in [-0.3, -0.25) is 9.69 Å². The molecule has 0 N–H and O–H groups in total. The Kier molecular flexibility index (Phi) is 6.15. The number of nitrogens with zero attached hydrogens (tertiary/aromatic N) is 3. The van der Waals surface area contributed by atoms with Crippen molar-refractivity contribution in [3.63, 3.8) is 0 Å². The fourth-order valence-corrected chi connectivity index (χ4v) is 3.95. The highest BCUT2D eigenvalue weighted by molar-refractivity contribution is 9.10. The zero-order valence-electron chi connectivity index (χ0n) is 14.1. The number of unbranched alkanes of at least 4 members (excludes halogenated alkanes) is 1. The van der Waals surface area contributed by atoms with Crippen LogP contribution in [0.25, 0.3) is 10.2 Å². The smallest absolute Gasteiger partial charge is 0.228 e. The minimum atomic E-state index is 0.127. The molecule has 0 aliphatic carbocycles. The van der Waals surface area contributed by atoms with Crippen molar-refractivity contribution in [1.82, 2.24) is 9.97 Å². The number of amides is 1. The van der Waals surface area contributed by atoms with Crippen molar-refractivity contribution < 1.29 is 4.79 Å². The first kappa shape index (κ1) is 18.0. The van der Waals surface area contributed by atoms with Crippen molar-refractivity contribution in [3.05, 3.63) is 52.1 Å². The molecule has 0 atom stereocenters. The van der Waals surface area contributed by atoms with Gasteiger partial charge in [-0.1, -0.05) is 12.1 Å². The van der Waals surface area contributed by atoms with Crippen LogP contribution in [0.15, 0.2) is 47.1 Å². The van der Waals surface area contributed by atoms with Crippen LogP contribution in [0.3, 0.4) is 0 Å². The molecule has 6 heteroatoms. The number of pyridine rings is 1. The average molecular weight is 418 g/mol. The average Bonchev–Trinajstić information content (AvgIpc) is 3.04. The maximum absolute atomic E-state index is 12.5. The number of para-hydroxylation sites is 1. The lowest BCUT2D eigenvalue weighted by molar-refractivity contribution is -0.118. The van der Waals surface area contributed by atoms with Gasteiger partial charge in [-0.2, -0.15) is 0 Å². The van der Waals surface area contributed by atoms with Crippen LogP contribution in [0.5, 0.6) is 0 Å². The van der Waals surface area contributed by atoms with E-state index in [0.29, 0.717) is 18.8 Å². The summed E-state index contributed by atoms with van der Waals surface area (Å²) in [5.41, 5.74) is 1.07. The van der Waals surface area contributed by atoms with E-state index in [1.54, 1.807) is 22.4 Å². The van der Waals surface area contributed by atoms with Crippen LogP contribution in [0.1, 0.15) is 31.2 Å². The lowest BCUT2D eigenvalue weighted by atomic mass is 10.2. The van der Waals surface area contributed by atoms with Crippen molar-refractivity contribution in [1.29, 1.82) is 0 Å². The van der Waals surface area contributed by atoms with E-state index in [1.807, 2.05) is 37.3 Å². The van der Waals surface area contributed by atoms with Crippen molar-refractivity contribution in [2.45, 2.75) is 32.6 Å². The molecule has 1 aromatic carbocycles. The Balaban J connectivity index is 1.50. The molecule has 2 aromatic heterocycles. The van der Waals surface area contributed by atoms with Crippen LogP contribution >= 0.6 is 27.3 Å². The molecule has 2 heterocycles. The molecule has 0 saturated heterocycles. The van der Waals surface area contributed by atoms with E-state index < -0.39 is 0 Å². The van der Waals surface area contributed by atoms with Crippen molar-refractivity contribution in [3.8, 4) is 0 Å². The zero-order chi connectivity index (χ0) is 17.6. The molecule has 0 unspecified atom stereocenters. The molecule has 0 radical (unpaired) electrons. The van der Waals surface area contributed by atoms with Gasteiger partial charge in [0, 0.05) is 23.6 Å². The summed E-state index contributed by atoms with van der Waals surface area (Å²) in [5, 5.41) is 1.15. The number of thiazole rings is 1. The molecule has 0 saturated carbocycles. The van der Waals surface area contributed by atoms with Gasteiger partial charge in [0.15, 0.2) is 0 Å². The number of aromatic nitrogens is 2. The Hall–Kier alpha value is -1.79. The predicted octanol–water partition coefficient (Wildman–Crippen LogP) is 5.22. The Morgan fingerprint density at radius 1 is 1.20 bits per heavy atom. The number of hydrogen-bond acceptors (Lipinski definition) is 4. The molecule has 25 heavy (non-hydrogen) atoms. The lowest BCUT2D eigenvalue weighted by Crippen LogP contribution is -2.31. The number of anilines is 1. The second-order valence-corrected chi connectivity index (χ2v) is 7.79. The Labute approximate surface area is 160 Å². The van der Waals surface area contributed by atoms with Gasteiger partial charge in [-0.15, -0.1) is 11.3 Å². The van der Waals surface area contributed by atoms with E-state index in [9.17, 15) is 4.79 Å². The first-order chi connectivity index (χ1) is 12.2. The van der Waals surface area contributed by atoms with Gasteiger partial charge in [0.1, 0.15) is 5.82 Å². The van der Waals surface area contributed by atoms with Crippen LogP contribution in [-0.2, 0) is 11.2 Å². The molecular formula is C19H20BrN3OS. The molecule has 0 bridgehead atoms. The highest BCUT2D eigenvalue weighted by Gasteiger charge is 2.14. The number of aryl methyl sites for hydroxylation is 1. The zero-order valence-corrected chi connectivity index (χ0v) is 16.5. The number of rotatable bonds is 7. The minimum absolute atomic E-state index is 0.127. The SMILES string of the molecule is CCN(C(=O)CCCCc1nc2ccccc2s1)c1ccc(Br)cn1. The Morgan fingerprint density at radius 2 is 2.04 bits per heavy atom. The molecule has 3 rings (SSSR count). The molecule has 4 nitrogen and oxygen atoms in total. The second-order valence-electron chi connectivity index (χ2n) is 5.76. The fourth-order valence-electron chi connectivity index (χ4n) is 2.71. The molecule has 1 amide bonds. The molecule has 0 aliphatic heterocycles. The van der Waals surface area contributed by atoms with E-state index in [-0.39, 0.29) is 5.91 Å². The third-order valence-electron chi connectivity index (χ3n) is 3.98. The first-order valence-corrected chi connectivity index (χ1v) is 10.0. The van der Waals surface area contributed by atoms with Crippen molar-refractivity contribution in [2.75, 3.05) is 11.4 Å². The summed E-state index contributed by atoms with van der Waals surface area (Å²) in [5.74, 6) is 0.837. The van der Waals surface area contributed by atoms with Crippen LogP contribution in [0.2, 0.25) is 0 Å². The Morgan fingerprint density at radius 3 is 2.76 bits per heavy atom. The number of carbonyl (C=O) groups is 1. The summed E-state index contributed by atoms with van der Waals surface area (Å²) >= 11 is 5.11. The Bertz CT molecular complexity index is 814. The third-order valence-corrected chi connectivity index (χ3v) is 5.54. The summed E-state index contributed by atoms with van der Waals surface area (Å²) in [6.07, 6.45) is 5.02. The van der Waals surface area contributed by atoms with Gasteiger partial charge in [-0.05, 0) is 66.4 Å². The standard InChI is InChI=1S/C19H20BrN3OS/c1-2-23(17-12-11-14(20)13-21-17)19(24)10-6-5-9-18-22-15-7-3-4-8-16(15)25-18/h3-4,7-8,11-13H,2,5-6,9-10H2,1H3. The third kappa shape index (κ3) is 4.64. The fraction of sp³-hybridized carbons (Fsp3) is 0.316. The van der Waals surface area contributed by atoms with Gasteiger partial charge in [0.2, 0.25) is 5.91 Å². The number of fused-ring (bicyclic) bond motifs is 1. The summed E-state index contributed by atoms with van der Waals surface area (Å²) in [4.78, 5) is 23.2. The van der Waals surface area contributed by atoms with Gasteiger partial charge < -0.3 is 0 Å². The summed E-state index contributed by atoms with van der Waals surface area (Å²) in [7, 11) is 0. The summed E-state index contributed by atoms with van der Waals surface area (Å²) < 4.78 is 2.14. The minimum Gasteiger partial charge on any atom is -0.297 e. The highest BCUT2D eigenvalue weighted by Crippen LogP contribution is 2.23. The van der Waals surface area contributed by atoms with Gasteiger partial charge in [0.05, 0.1) is 15.2 Å². The quantitative estimate of drug-likeness (QED) is 0.495. The van der Waals surface area contributed by atoms with Gasteiger partial charge >= 0.3 is 0 Å². The number of carbonyl (C=O) groups excluding carboxylic acids is 1. The maximum atomic E-state index is 12.5. The van der Waals surface area contributed by atoms with Crippen LogP contribution in [-0.4, -0.2) is 22.4 Å². The molecule has 0 fully saturated rings. The summed E-state index contributed by atoms with van der Waals surface area (Å²) in [6.45, 7) is 2.61. The van der Waals surface area contributed by atoms with E-state index in [4.69, 9.17) is 0 Å². The van der Waals surface area contributed by atoms with Crippen LogP contribution < -0.4 is 4.90 Å². The summed E-state index contributed by atoms with van der Waals surface area (Å²) in [6, 6.07) is 12.0. The molecule has 0 aliphatic rings. The normalized spacial score (nSPS) is 11.0. The predicted molar refractivity (Wildman–Crippen MR) is 107 cm³/mol. The second kappa shape index (κ2) is 8.54. The van der Waals surface area contributed by atoms with E-state index >= 15 is 0 Å². The van der Waals surface area contributed by atoms with E-state index in [0.717, 1.165) is 34.3 Å². The van der Waals surface area contributed by atoms with Gasteiger partial charge in [0.25, 0.3) is 0 Å². The highest BCUT2D eigenvalue weighted by atomic mass is 79.9. The largest absolute Gasteiger partial charge is 0.297 e. The molecular weight excluding hydrogens is 398 g/mol. The lowest BCUT2D eigenvalue weighted by Gasteiger charge is -2.19. The number of halogens is 1. The van der Waals surface area contributed by atoms with E-state index in [2.05, 4.69) is 32.0 Å². The van der Waals surface area contributed by atoms with E-state index in [1.165, 1.54) is 4.70 Å². The van der Waals surface area contributed by atoms with Crippen LogP contribution in [0.4, 0.5) is 5.82 Å². The maximum Gasteiger partial charge on any atom is 0.228 e. The van der Waals surface area contributed by atoms with Gasteiger partial charge in [-0.25, -0.2) is 9.97 Å². The number of hydrogen-bond donors (Lipinski definition) is 0. The molecule has 130 valence electrons.